The van der Waals surface area contributed by atoms with E-state index in [4.69, 9.17) is 0 Å². The van der Waals surface area contributed by atoms with Gasteiger partial charge in [-0.3, -0.25) is 14.4 Å². The summed E-state index contributed by atoms with van der Waals surface area (Å²) in [5.41, 5.74) is 2.26. The van der Waals surface area contributed by atoms with Crippen molar-refractivity contribution in [3.8, 4) is 0 Å². The molecule has 1 aromatic carbocycles. The van der Waals surface area contributed by atoms with E-state index in [1.165, 1.54) is 0 Å². The van der Waals surface area contributed by atoms with Crippen molar-refractivity contribution in [2.24, 2.45) is 0 Å². The maximum Gasteiger partial charge on any atom is 0.253 e. The highest BCUT2D eigenvalue weighted by molar-refractivity contribution is 7.12. The molecule has 2 aromatic rings. The first-order chi connectivity index (χ1) is 13.2. The van der Waals surface area contributed by atoms with Gasteiger partial charge in [0, 0.05) is 53.4 Å². The van der Waals surface area contributed by atoms with E-state index in [-0.39, 0.29) is 36.5 Å². The first kappa shape index (κ1) is 21.8. The summed E-state index contributed by atoms with van der Waals surface area (Å²) < 4.78 is 0. The Morgan fingerprint density at radius 1 is 1.07 bits per heavy atom. The average molecular weight is 401 g/mol. The van der Waals surface area contributed by atoms with Gasteiger partial charge in [0.2, 0.25) is 5.91 Å². The fraction of sp³-hybridized carbons (Fsp3) is 0.409. The quantitative estimate of drug-likeness (QED) is 0.678. The molecule has 28 heavy (non-hydrogen) atoms. The Kier molecular flexibility index (Phi) is 7.52. The third kappa shape index (κ3) is 5.76. The normalized spacial score (nSPS) is 10.8. The first-order valence-electron chi connectivity index (χ1n) is 9.42. The number of rotatable bonds is 8. The molecule has 0 saturated heterocycles. The van der Waals surface area contributed by atoms with E-state index in [9.17, 15) is 14.4 Å². The van der Waals surface area contributed by atoms with Gasteiger partial charge in [0.25, 0.3) is 5.91 Å². The predicted octanol–water partition coefficient (Wildman–Crippen LogP) is 4.12. The van der Waals surface area contributed by atoms with Crippen molar-refractivity contribution in [1.29, 1.82) is 0 Å². The number of Topliss-reactive ketones (excluding diaryl/α,β-unsaturated/α-hetero) is 1. The zero-order valence-corrected chi connectivity index (χ0v) is 18.0. The lowest BCUT2D eigenvalue weighted by Gasteiger charge is -2.21. The monoisotopic (exact) mass is 400 g/mol. The molecular formula is C22H28N2O3S. The maximum atomic E-state index is 12.3. The molecule has 0 aliphatic heterocycles. The van der Waals surface area contributed by atoms with Crippen LogP contribution >= 0.6 is 11.3 Å². The molecule has 0 spiro atoms. The first-order valence-corrected chi connectivity index (χ1v) is 10.2. The van der Waals surface area contributed by atoms with Gasteiger partial charge in [-0.1, -0.05) is 12.1 Å². The van der Waals surface area contributed by atoms with E-state index in [2.05, 4.69) is 5.32 Å². The smallest absolute Gasteiger partial charge is 0.253 e. The number of benzene rings is 1. The summed E-state index contributed by atoms with van der Waals surface area (Å²) in [6.45, 7) is 8.21. The van der Waals surface area contributed by atoms with Gasteiger partial charge in [-0.25, -0.2) is 0 Å². The van der Waals surface area contributed by atoms with Crippen LogP contribution in [0.15, 0.2) is 30.3 Å². The van der Waals surface area contributed by atoms with Gasteiger partial charge in [0.15, 0.2) is 5.78 Å². The van der Waals surface area contributed by atoms with Crippen LogP contribution in [-0.4, -0.2) is 35.6 Å². The fourth-order valence-corrected chi connectivity index (χ4v) is 3.70. The number of ketones is 1. The largest absolute Gasteiger partial charge is 0.352 e. The van der Waals surface area contributed by atoms with Crippen LogP contribution in [0, 0.1) is 13.8 Å². The number of nitrogens with one attached hydrogen (secondary N) is 1. The molecule has 1 heterocycles. The van der Waals surface area contributed by atoms with Gasteiger partial charge >= 0.3 is 0 Å². The zero-order chi connectivity index (χ0) is 20.8. The van der Waals surface area contributed by atoms with Gasteiger partial charge in [-0.05, 0) is 51.5 Å². The molecule has 0 aliphatic carbocycles. The van der Waals surface area contributed by atoms with E-state index >= 15 is 0 Å². The minimum absolute atomic E-state index is 0.00846. The molecule has 2 amide bonds. The molecule has 150 valence electrons. The minimum Gasteiger partial charge on any atom is -0.352 e. The summed E-state index contributed by atoms with van der Waals surface area (Å²) in [7, 11) is 1.78. The molecule has 0 aliphatic rings. The number of aryl methyl sites for hydroxylation is 2. The number of thiophene rings is 1. The topological polar surface area (TPSA) is 66.5 Å². The Morgan fingerprint density at radius 3 is 2.25 bits per heavy atom. The van der Waals surface area contributed by atoms with Crippen molar-refractivity contribution in [2.45, 2.75) is 53.1 Å². The van der Waals surface area contributed by atoms with Crippen molar-refractivity contribution in [1.82, 2.24) is 10.2 Å². The third-order valence-corrected chi connectivity index (χ3v) is 5.67. The lowest BCUT2D eigenvalue weighted by molar-refractivity contribution is -0.121. The van der Waals surface area contributed by atoms with Crippen LogP contribution in [0.2, 0.25) is 0 Å². The summed E-state index contributed by atoms with van der Waals surface area (Å²) in [6, 6.07) is 9.24. The maximum absolute atomic E-state index is 12.3. The van der Waals surface area contributed by atoms with Crippen LogP contribution in [0.5, 0.6) is 0 Å². The standard InChI is InChI=1S/C22H28N2O3S/c1-14(2)24(5)22(27)18-8-6-17(7-9-18)13-23-21(26)11-10-20(25)19-12-15(3)28-16(19)4/h6-9,12,14H,10-11,13H2,1-5H3,(H,23,26). The second-order valence-electron chi connectivity index (χ2n) is 7.23. The Bertz CT molecular complexity index is 853. The van der Waals surface area contributed by atoms with Crippen molar-refractivity contribution in [3.05, 3.63) is 56.8 Å². The van der Waals surface area contributed by atoms with Crippen molar-refractivity contribution in [2.75, 3.05) is 7.05 Å². The van der Waals surface area contributed by atoms with Gasteiger partial charge in [0.05, 0.1) is 0 Å². The molecule has 0 atom stereocenters. The second-order valence-corrected chi connectivity index (χ2v) is 8.69. The highest BCUT2D eigenvalue weighted by Crippen LogP contribution is 2.22. The Labute approximate surface area is 170 Å². The minimum atomic E-state index is -0.155. The molecule has 0 unspecified atom stereocenters. The Balaban J connectivity index is 1.82. The Hall–Kier alpha value is -2.47. The highest BCUT2D eigenvalue weighted by atomic mass is 32.1. The fourth-order valence-electron chi connectivity index (χ4n) is 2.76. The van der Waals surface area contributed by atoms with E-state index in [0.29, 0.717) is 12.1 Å². The number of hydrogen-bond donors (Lipinski definition) is 1. The molecule has 2 rings (SSSR count). The van der Waals surface area contributed by atoms with Crippen molar-refractivity contribution < 1.29 is 14.4 Å². The molecule has 5 nitrogen and oxygen atoms in total. The second kappa shape index (κ2) is 9.64. The molecule has 0 bridgehead atoms. The van der Waals surface area contributed by atoms with Crippen LogP contribution in [0.1, 0.15) is 62.7 Å². The van der Waals surface area contributed by atoms with Gasteiger partial charge in [-0.2, -0.15) is 0 Å². The van der Waals surface area contributed by atoms with E-state index in [1.807, 2.05) is 45.9 Å². The predicted molar refractivity (Wildman–Crippen MR) is 113 cm³/mol. The van der Waals surface area contributed by atoms with Crippen LogP contribution in [0.4, 0.5) is 0 Å². The lowest BCUT2D eigenvalue weighted by atomic mass is 10.1. The van der Waals surface area contributed by atoms with Crippen molar-refractivity contribution in [3.63, 3.8) is 0 Å². The molecule has 0 saturated carbocycles. The SMILES string of the molecule is Cc1cc(C(=O)CCC(=O)NCc2ccc(C(=O)N(C)C(C)C)cc2)c(C)s1. The van der Waals surface area contributed by atoms with Crippen LogP contribution in [0.3, 0.4) is 0 Å². The van der Waals surface area contributed by atoms with E-state index in [1.54, 1.807) is 35.4 Å². The third-order valence-electron chi connectivity index (χ3n) is 4.71. The summed E-state index contributed by atoms with van der Waals surface area (Å²) in [5, 5.41) is 2.83. The molecule has 0 radical (unpaired) electrons. The summed E-state index contributed by atoms with van der Waals surface area (Å²) >= 11 is 1.60. The van der Waals surface area contributed by atoms with Crippen LogP contribution in [0.25, 0.3) is 0 Å². The van der Waals surface area contributed by atoms with E-state index in [0.717, 1.165) is 20.9 Å². The highest BCUT2D eigenvalue weighted by Gasteiger charge is 2.15. The van der Waals surface area contributed by atoms with E-state index < -0.39 is 0 Å². The van der Waals surface area contributed by atoms with Gasteiger partial charge in [-0.15, -0.1) is 11.3 Å². The Morgan fingerprint density at radius 2 is 1.71 bits per heavy atom. The zero-order valence-electron chi connectivity index (χ0n) is 17.2. The number of nitrogens with zero attached hydrogens (tertiary/aromatic N) is 1. The number of hydrogen-bond acceptors (Lipinski definition) is 4. The number of amides is 2. The van der Waals surface area contributed by atoms with Crippen LogP contribution < -0.4 is 5.32 Å². The summed E-state index contributed by atoms with van der Waals surface area (Å²) in [6.07, 6.45) is 0.376. The van der Waals surface area contributed by atoms with Crippen molar-refractivity contribution >= 4 is 28.9 Å². The molecule has 1 aromatic heterocycles. The average Bonchev–Trinajstić information content (AvgIpc) is 3.01. The summed E-state index contributed by atoms with van der Waals surface area (Å²) in [5.74, 6) is -0.171. The van der Waals surface area contributed by atoms with Gasteiger partial charge in [0.1, 0.15) is 0 Å². The van der Waals surface area contributed by atoms with Crippen LogP contribution in [-0.2, 0) is 11.3 Å². The number of carbonyl (C=O) groups excluding carboxylic acids is 3. The lowest BCUT2D eigenvalue weighted by Crippen LogP contribution is -2.32. The molecule has 0 fully saturated rings. The molecule has 1 N–H and O–H groups in total. The summed E-state index contributed by atoms with van der Waals surface area (Å²) in [4.78, 5) is 40.4. The molecule has 6 heteroatoms. The number of carbonyl (C=O) groups is 3. The molecular weight excluding hydrogens is 372 g/mol. The van der Waals surface area contributed by atoms with Gasteiger partial charge < -0.3 is 10.2 Å².